The Morgan fingerprint density at radius 1 is 1.15 bits per heavy atom. The molecule has 106 valence electrons. The van der Waals surface area contributed by atoms with Gasteiger partial charge in [0, 0.05) is 15.6 Å². The number of rotatable bonds is 3. The van der Waals surface area contributed by atoms with Crippen molar-refractivity contribution in [2.45, 2.75) is 11.8 Å². The zero-order chi connectivity index (χ0) is 14.9. The Hall–Kier alpha value is -0.940. The van der Waals surface area contributed by atoms with Crippen LogP contribution in [0.4, 0.5) is 8.78 Å². The number of halogens is 4. The average Bonchev–Trinajstić information content (AvgIpc) is 2.43. The summed E-state index contributed by atoms with van der Waals surface area (Å²) in [7, 11) is 1.52. The molecule has 1 unspecified atom stereocenters. The predicted molar refractivity (Wildman–Crippen MR) is 82.6 cm³/mol. The first-order valence-electron chi connectivity index (χ1n) is 5.87. The normalized spacial score (nSPS) is 12.3. The summed E-state index contributed by atoms with van der Waals surface area (Å²) in [5.41, 5.74) is 1.05. The Bertz CT molecular complexity index is 644. The summed E-state index contributed by atoms with van der Waals surface area (Å²) < 4.78 is 34.3. The molecule has 2 aromatic rings. The molecule has 2 aromatic carbocycles. The van der Waals surface area contributed by atoms with Crippen LogP contribution < -0.4 is 4.74 Å². The summed E-state index contributed by atoms with van der Waals surface area (Å²) in [6.45, 7) is 1.61. The molecular formula is C15H12Br2F2O. The van der Waals surface area contributed by atoms with Crippen LogP contribution in [0, 0.1) is 18.6 Å². The van der Waals surface area contributed by atoms with E-state index < -0.39 is 16.5 Å². The molecule has 20 heavy (non-hydrogen) atoms. The molecule has 0 radical (unpaired) electrons. The summed E-state index contributed by atoms with van der Waals surface area (Å²) in [5, 5.41) is 0. The zero-order valence-corrected chi connectivity index (χ0v) is 14.1. The quantitative estimate of drug-likeness (QED) is 0.610. The molecule has 5 heteroatoms. The second-order valence-corrected chi connectivity index (χ2v) is 6.17. The molecule has 0 heterocycles. The molecule has 0 spiro atoms. The number of benzene rings is 2. The molecule has 0 aliphatic heterocycles. The fourth-order valence-corrected chi connectivity index (χ4v) is 3.13. The van der Waals surface area contributed by atoms with Crippen molar-refractivity contribution in [3.8, 4) is 5.75 Å². The number of alkyl halides is 1. The maximum Gasteiger partial charge on any atom is 0.133 e. The van der Waals surface area contributed by atoms with Gasteiger partial charge in [-0.2, -0.15) is 0 Å². The number of hydrogen-bond acceptors (Lipinski definition) is 1. The third-order valence-corrected chi connectivity index (χ3v) is 4.48. The highest BCUT2D eigenvalue weighted by molar-refractivity contribution is 9.10. The monoisotopic (exact) mass is 404 g/mol. The Labute approximate surface area is 133 Å². The smallest absolute Gasteiger partial charge is 0.133 e. The van der Waals surface area contributed by atoms with Crippen molar-refractivity contribution >= 4 is 31.9 Å². The lowest BCUT2D eigenvalue weighted by Gasteiger charge is -2.17. The van der Waals surface area contributed by atoms with E-state index >= 15 is 0 Å². The van der Waals surface area contributed by atoms with Gasteiger partial charge in [-0.25, -0.2) is 8.78 Å². The van der Waals surface area contributed by atoms with Crippen LogP contribution in [0.2, 0.25) is 0 Å². The van der Waals surface area contributed by atoms with Gasteiger partial charge in [0.05, 0.1) is 11.9 Å². The fourth-order valence-electron chi connectivity index (χ4n) is 1.97. The van der Waals surface area contributed by atoms with E-state index in [9.17, 15) is 8.78 Å². The van der Waals surface area contributed by atoms with Gasteiger partial charge in [-0.3, -0.25) is 0 Å². The largest absolute Gasteiger partial charge is 0.496 e. The molecule has 0 bridgehead atoms. The second-order valence-electron chi connectivity index (χ2n) is 4.34. The minimum atomic E-state index is -0.630. The lowest BCUT2D eigenvalue weighted by atomic mass is 10.0. The highest BCUT2D eigenvalue weighted by atomic mass is 79.9. The number of methoxy groups -OCH3 is 1. The van der Waals surface area contributed by atoms with Crippen molar-refractivity contribution in [1.29, 1.82) is 0 Å². The second kappa shape index (κ2) is 6.22. The van der Waals surface area contributed by atoms with Crippen molar-refractivity contribution < 1.29 is 13.5 Å². The third-order valence-electron chi connectivity index (χ3n) is 3.04. The van der Waals surface area contributed by atoms with Gasteiger partial charge in [-0.1, -0.05) is 37.9 Å². The van der Waals surface area contributed by atoms with Crippen molar-refractivity contribution in [1.82, 2.24) is 0 Å². The number of aryl methyl sites for hydroxylation is 1. The maximum absolute atomic E-state index is 14.2. The van der Waals surface area contributed by atoms with Gasteiger partial charge in [0.1, 0.15) is 17.4 Å². The minimum Gasteiger partial charge on any atom is -0.496 e. The summed E-state index contributed by atoms with van der Waals surface area (Å²) in [5.74, 6) is -0.568. The standard InChI is InChI=1S/C15H12Br2F2O/c1-8-3-5-11(18)13(15(8)19)14(17)10-7-9(16)4-6-12(10)20-2/h3-7,14H,1-2H3. The molecule has 2 rings (SSSR count). The Balaban J connectivity index is 2.60. The maximum atomic E-state index is 14.2. The first-order chi connectivity index (χ1) is 9.45. The Morgan fingerprint density at radius 2 is 1.85 bits per heavy atom. The van der Waals surface area contributed by atoms with Gasteiger partial charge in [-0.15, -0.1) is 0 Å². The highest BCUT2D eigenvalue weighted by Crippen LogP contribution is 2.40. The summed E-state index contributed by atoms with van der Waals surface area (Å²) >= 11 is 6.73. The molecule has 0 amide bonds. The van der Waals surface area contributed by atoms with Crippen LogP contribution in [0.1, 0.15) is 21.5 Å². The first-order valence-corrected chi connectivity index (χ1v) is 7.58. The summed E-state index contributed by atoms with van der Waals surface area (Å²) in [4.78, 5) is -0.630. The van der Waals surface area contributed by atoms with Crippen LogP contribution in [0.5, 0.6) is 5.75 Å². The Kier molecular flexibility index (Phi) is 4.81. The molecule has 0 saturated heterocycles. The van der Waals surface area contributed by atoms with Crippen LogP contribution >= 0.6 is 31.9 Å². The van der Waals surface area contributed by atoms with Gasteiger partial charge in [0.25, 0.3) is 0 Å². The number of ether oxygens (including phenoxy) is 1. The van der Waals surface area contributed by atoms with Crippen LogP contribution in [0.3, 0.4) is 0 Å². The van der Waals surface area contributed by atoms with Crippen LogP contribution in [-0.4, -0.2) is 7.11 Å². The van der Waals surface area contributed by atoms with E-state index in [4.69, 9.17) is 4.74 Å². The lowest BCUT2D eigenvalue weighted by molar-refractivity contribution is 0.410. The van der Waals surface area contributed by atoms with E-state index in [0.717, 1.165) is 4.47 Å². The van der Waals surface area contributed by atoms with Gasteiger partial charge in [-0.05, 0) is 36.8 Å². The molecular weight excluding hydrogens is 394 g/mol. The van der Waals surface area contributed by atoms with Gasteiger partial charge >= 0.3 is 0 Å². The molecule has 0 aliphatic rings. The van der Waals surface area contributed by atoms with E-state index in [-0.39, 0.29) is 5.56 Å². The van der Waals surface area contributed by atoms with Crippen LogP contribution in [-0.2, 0) is 0 Å². The molecule has 0 aliphatic carbocycles. The van der Waals surface area contributed by atoms with E-state index in [2.05, 4.69) is 31.9 Å². The zero-order valence-electron chi connectivity index (χ0n) is 10.9. The van der Waals surface area contributed by atoms with Gasteiger partial charge in [0.15, 0.2) is 0 Å². The van der Waals surface area contributed by atoms with E-state index in [1.165, 1.54) is 19.2 Å². The fraction of sp³-hybridized carbons (Fsp3) is 0.200. The SMILES string of the molecule is COc1ccc(Br)cc1C(Br)c1c(F)ccc(C)c1F. The van der Waals surface area contributed by atoms with Crippen LogP contribution in [0.15, 0.2) is 34.8 Å². The molecule has 1 atom stereocenters. The number of hydrogen-bond donors (Lipinski definition) is 0. The highest BCUT2D eigenvalue weighted by Gasteiger charge is 2.23. The molecule has 0 aromatic heterocycles. The van der Waals surface area contributed by atoms with Crippen molar-refractivity contribution in [2.75, 3.05) is 7.11 Å². The van der Waals surface area contributed by atoms with Gasteiger partial charge < -0.3 is 4.74 Å². The minimum absolute atomic E-state index is 0.0126. The van der Waals surface area contributed by atoms with Crippen molar-refractivity contribution in [3.63, 3.8) is 0 Å². The van der Waals surface area contributed by atoms with E-state index in [1.54, 1.807) is 19.1 Å². The predicted octanol–water partition coefficient (Wildman–Crippen LogP) is 5.53. The summed E-state index contributed by atoms with van der Waals surface area (Å²) in [6, 6.07) is 8.03. The Morgan fingerprint density at radius 3 is 2.50 bits per heavy atom. The molecule has 0 N–H and O–H groups in total. The first kappa shape index (κ1) is 15.4. The van der Waals surface area contributed by atoms with Gasteiger partial charge in [0.2, 0.25) is 0 Å². The average molecular weight is 406 g/mol. The van der Waals surface area contributed by atoms with E-state index in [1.807, 2.05) is 6.07 Å². The van der Waals surface area contributed by atoms with Crippen molar-refractivity contribution in [3.05, 3.63) is 63.1 Å². The van der Waals surface area contributed by atoms with Crippen LogP contribution in [0.25, 0.3) is 0 Å². The lowest BCUT2D eigenvalue weighted by Crippen LogP contribution is -2.04. The van der Waals surface area contributed by atoms with Crippen molar-refractivity contribution in [2.24, 2.45) is 0 Å². The molecule has 1 nitrogen and oxygen atoms in total. The third kappa shape index (κ3) is 2.88. The summed E-state index contributed by atoms with van der Waals surface area (Å²) in [6.07, 6.45) is 0. The molecule has 0 saturated carbocycles. The molecule has 0 fully saturated rings. The van der Waals surface area contributed by atoms with E-state index in [0.29, 0.717) is 16.9 Å². The topological polar surface area (TPSA) is 9.23 Å².